The summed E-state index contributed by atoms with van der Waals surface area (Å²) in [5, 5.41) is 8.65. The molecule has 1 rings (SSSR count). The van der Waals surface area contributed by atoms with Gasteiger partial charge in [0.15, 0.2) is 0 Å². The molecule has 1 aromatic rings. The summed E-state index contributed by atoms with van der Waals surface area (Å²) < 4.78 is 0. The lowest BCUT2D eigenvalue weighted by molar-refractivity contribution is -0.141. The molecule has 0 fully saturated rings. The lowest BCUT2D eigenvalue weighted by Gasteiger charge is -2.12. The van der Waals surface area contributed by atoms with Crippen molar-refractivity contribution in [3.8, 4) is 0 Å². The molecule has 0 aliphatic carbocycles. The molecular weight excluding hydrogens is 218 g/mol. The number of amides is 1. The number of carbonyl (C=O) groups is 2. The van der Waals surface area contributed by atoms with Crippen molar-refractivity contribution in [2.45, 2.75) is 0 Å². The fourth-order valence-corrected chi connectivity index (χ4v) is 1.25. The van der Waals surface area contributed by atoms with Gasteiger partial charge in [-0.3, -0.25) is 9.59 Å². The molecule has 4 heteroatoms. The van der Waals surface area contributed by atoms with Gasteiger partial charge in [-0.1, -0.05) is 36.4 Å². The molecule has 0 spiro atoms. The van der Waals surface area contributed by atoms with Crippen molar-refractivity contribution in [3.05, 3.63) is 42.0 Å². The third-order valence-electron chi connectivity index (χ3n) is 2.22. The molecule has 0 aliphatic rings. The van der Waals surface area contributed by atoms with Crippen LogP contribution in [0.2, 0.25) is 0 Å². The largest absolute Gasteiger partial charge is 0.395 e. The zero-order valence-electron chi connectivity index (χ0n) is 9.67. The molecule has 0 bridgehead atoms. The Morgan fingerprint density at radius 1 is 1.29 bits per heavy atom. The highest BCUT2D eigenvalue weighted by atomic mass is 16.3. The van der Waals surface area contributed by atoms with Crippen molar-refractivity contribution in [2.75, 3.05) is 20.2 Å². The summed E-state index contributed by atoms with van der Waals surface area (Å²) >= 11 is 0. The maximum atomic E-state index is 11.5. The highest BCUT2D eigenvalue weighted by Gasteiger charge is 2.14. The molecule has 0 radical (unpaired) electrons. The van der Waals surface area contributed by atoms with Crippen molar-refractivity contribution in [1.29, 1.82) is 0 Å². The zero-order chi connectivity index (χ0) is 12.7. The molecule has 17 heavy (non-hydrogen) atoms. The van der Waals surface area contributed by atoms with E-state index in [0.29, 0.717) is 0 Å². The SMILES string of the molecule is CN(CCO)C(=O)C(=O)C=Cc1ccccc1. The van der Waals surface area contributed by atoms with E-state index >= 15 is 0 Å². The number of aliphatic hydroxyl groups excluding tert-OH is 1. The lowest BCUT2D eigenvalue weighted by atomic mass is 10.2. The van der Waals surface area contributed by atoms with Crippen LogP contribution in [-0.2, 0) is 9.59 Å². The standard InChI is InChI=1S/C13H15NO3/c1-14(9-10-15)13(17)12(16)8-7-11-5-3-2-4-6-11/h2-8,15H,9-10H2,1H3. The molecule has 0 saturated heterocycles. The molecule has 0 aromatic heterocycles. The van der Waals surface area contributed by atoms with Crippen molar-refractivity contribution >= 4 is 17.8 Å². The summed E-state index contributed by atoms with van der Waals surface area (Å²) in [4.78, 5) is 24.1. The smallest absolute Gasteiger partial charge is 0.294 e. The van der Waals surface area contributed by atoms with Gasteiger partial charge in [-0.2, -0.15) is 0 Å². The van der Waals surface area contributed by atoms with E-state index in [1.54, 1.807) is 6.08 Å². The molecule has 0 aliphatic heterocycles. The van der Waals surface area contributed by atoms with E-state index in [9.17, 15) is 9.59 Å². The first-order valence-corrected chi connectivity index (χ1v) is 5.28. The summed E-state index contributed by atoms with van der Waals surface area (Å²) in [6.07, 6.45) is 2.83. The summed E-state index contributed by atoms with van der Waals surface area (Å²) in [5.41, 5.74) is 0.860. The minimum absolute atomic E-state index is 0.155. The van der Waals surface area contributed by atoms with Gasteiger partial charge in [-0.05, 0) is 11.6 Å². The van der Waals surface area contributed by atoms with Crippen molar-refractivity contribution < 1.29 is 14.7 Å². The molecule has 90 valence electrons. The van der Waals surface area contributed by atoms with Crippen LogP contribution in [0.5, 0.6) is 0 Å². The Hall–Kier alpha value is -1.94. The average molecular weight is 233 g/mol. The van der Waals surface area contributed by atoms with Crippen molar-refractivity contribution in [1.82, 2.24) is 4.90 Å². The van der Waals surface area contributed by atoms with Crippen LogP contribution in [0.4, 0.5) is 0 Å². The fraction of sp³-hybridized carbons (Fsp3) is 0.231. The molecular formula is C13H15NO3. The Kier molecular flexibility index (Phi) is 5.10. The van der Waals surface area contributed by atoms with Crippen molar-refractivity contribution in [2.24, 2.45) is 0 Å². The predicted octanol–water partition coefficient (Wildman–Crippen LogP) is 0.720. The van der Waals surface area contributed by atoms with E-state index in [-0.39, 0.29) is 13.2 Å². The van der Waals surface area contributed by atoms with Crippen LogP contribution in [0.3, 0.4) is 0 Å². The number of aliphatic hydroxyl groups is 1. The maximum Gasteiger partial charge on any atom is 0.294 e. The number of carbonyl (C=O) groups excluding carboxylic acids is 2. The van der Waals surface area contributed by atoms with Gasteiger partial charge in [0.25, 0.3) is 5.91 Å². The quantitative estimate of drug-likeness (QED) is 0.602. The van der Waals surface area contributed by atoms with E-state index in [1.807, 2.05) is 30.3 Å². The van der Waals surface area contributed by atoms with Crippen LogP contribution in [0, 0.1) is 0 Å². The minimum atomic E-state index is -0.619. The normalized spacial score (nSPS) is 10.5. The second-order valence-corrected chi connectivity index (χ2v) is 3.56. The van der Waals surface area contributed by atoms with E-state index < -0.39 is 11.7 Å². The first kappa shape index (κ1) is 13.1. The third-order valence-corrected chi connectivity index (χ3v) is 2.22. The summed E-state index contributed by atoms with van der Waals surface area (Å²) in [5.74, 6) is -1.21. The number of nitrogens with zero attached hydrogens (tertiary/aromatic N) is 1. The van der Waals surface area contributed by atoms with Gasteiger partial charge in [0, 0.05) is 13.6 Å². The van der Waals surface area contributed by atoms with Gasteiger partial charge in [-0.15, -0.1) is 0 Å². The number of likely N-dealkylation sites (N-methyl/N-ethyl adjacent to an activating group) is 1. The molecule has 0 unspecified atom stereocenters. The average Bonchev–Trinajstić information content (AvgIpc) is 2.36. The van der Waals surface area contributed by atoms with Gasteiger partial charge in [0.2, 0.25) is 5.78 Å². The van der Waals surface area contributed by atoms with Crippen LogP contribution >= 0.6 is 0 Å². The summed E-state index contributed by atoms with van der Waals surface area (Å²) in [6, 6.07) is 9.25. The van der Waals surface area contributed by atoms with Gasteiger partial charge >= 0.3 is 0 Å². The topological polar surface area (TPSA) is 57.6 Å². The van der Waals surface area contributed by atoms with E-state index in [1.165, 1.54) is 18.0 Å². The highest BCUT2D eigenvalue weighted by molar-refractivity contribution is 6.41. The highest BCUT2D eigenvalue weighted by Crippen LogP contribution is 2.01. The van der Waals surface area contributed by atoms with Gasteiger partial charge in [0.05, 0.1) is 6.61 Å². The maximum absolute atomic E-state index is 11.5. The number of hydrogen-bond donors (Lipinski definition) is 1. The summed E-state index contributed by atoms with van der Waals surface area (Å²) in [7, 11) is 1.48. The lowest BCUT2D eigenvalue weighted by Crippen LogP contribution is -2.34. The Bertz CT molecular complexity index is 412. The molecule has 0 heterocycles. The van der Waals surface area contributed by atoms with Crippen LogP contribution in [0.15, 0.2) is 36.4 Å². The fourth-order valence-electron chi connectivity index (χ4n) is 1.25. The van der Waals surface area contributed by atoms with E-state index in [0.717, 1.165) is 5.56 Å². The predicted molar refractivity (Wildman–Crippen MR) is 65.2 cm³/mol. The van der Waals surface area contributed by atoms with Gasteiger partial charge in [0.1, 0.15) is 0 Å². The molecule has 0 saturated carbocycles. The first-order chi connectivity index (χ1) is 8.15. The number of ketones is 1. The molecule has 1 aromatic carbocycles. The summed E-state index contributed by atoms with van der Waals surface area (Å²) in [6.45, 7) is 0.00166. The minimum Gasteiger partial charge on any atom is -0.395 e. The van der Waals surface area contributed by atoms with Crippen LogP contribution in [0.1, 0.15) is 5.56 Å². The number of rotatable bonds is 5. The zero-order valence-corrected chi connectivity index (χ0v) is 9.67. The van der Waals surface area contributed by atoms with Gasteiger partial charge < -0.3 is 10.0 Å². The van der Waals surface area contributed by atoms with Gasteiger partial charge in [-0.25, -0.2) is 0 Å². The van der Waals surface area contributed by atoms with Crippen LogP contribution in [0.25, 0.3) is 6.08 Å². The molecule has 1 amide bonds. The second-order valence-electron chi connectivity index (χ2n) is 3.56. The number of benzene rings is 1. The Labute approximate surface area is 100 Å². The molecule has 0 atom stereocenters. The Morgan fingerprint density at radius 3 is 2.53 bits per heavy atom. The third kappa shape index (κ3) is 4.20. The Balaban J connectivity index is 2.60. The monoisotopic (exact) mass is 233 g/mol. The second kappa shape index (κ2) is 6.60. The Morgan fingerprint density at radius 2 is 1.94 bits per heavy atom. The van der Waals surface area contributed by atoms with Crippen LogP contribution in [-0.4, -0.2) is 41.9 Å². The number of hydrogen-bond acceptors (Lipinski definition) is 3. The van der Waals surface area contributed by atoms with Crippen molar-refractivity contribution in [3.63, 3.8) is 0 Å². The molecule has 4 nitrogen and oxygen atoms in total. The first-order valence-electron chi connectivity index (χ1n) is 5.28. The van der Waals surface area contributed by atoms with Crippen LogP contribution < -0.4 is 0 Å². The van der Waals surface area contributed by atoms with E-state index in [2.05, 4.69) is 0 Å². The van der Waals surface area contributed by atoms with E-state index in [4.69, 9.17) is 5.11 Å². The molecule has 1 N–H and O–H groups in total.